The van der Waals surface area contributed by atoms with Gasteiger partial charge in [-0.2, -0.15) is 0 Å². The molecule has 6 heteroatoms. The van der Waals surface area contributed by atoms with Crippen molar-refractivity contribution in [2.75, 3.05) is 27.3 Å². The summed E-state index contributed by atoms with van der Waals surface area (Å²) in [5.41, 5.74) is 6.63. The molecule has 2 N–H and O–H groups in total. The third-order valence-corrected chi connectivity index (χ3v) is 4.20. The first-order valence-electron chi connectivity index (χ1n) is 7.29. The number of hydrogen-bond donors (Lipinski definition) is 1. The van der Waals surface area contributed by atoms with Gasteiger partial charge in [0.05, 0.1) is 19.8 Å². The predicted octanol–water partition coefficient (Wildman–Crippen LogP) is 1.35. The zero-order chi connectivity index (χ0) is 16.3. The molecule has 1 fully saturated rings. The summed E-state index contributed by atoms with van der Waals surface area (Å²) < 4.78 is 10.6. The van der Waals surface area contributed by atoms with Gasteiger partial charge in [0, 0.05) is 24.6 Å². The summed E-state index contributed by atoms with van der Waals surface area (Å²) in [4.78, 5) is 25.6. The van der Waals surface area contributed by atoms with Crippen molar-refractivity contribution in [2.24, 2.45) is 11.7 Å². The molecule has 1 aromatic carbocycles. The van der Waals surface area contributed by atoms with Crippen molar-refractivity contribution in [3.05, 3.63) is 23.3 Å². The molecule has 0 bridgehead atoms. The Kier molecular flexibility index (Phi) is 4.90. The van der Waals surface area contributed by atoms with Crippen LogP contribution in [-0.4, -0.2) is 44.0 Å². The summed E-state index contributed by atoms with van der Waals surface area (Å²) in [5, 5.41) is 0. The molecule has 0 spiro atoms. The zero-order valence-electron chi connectivity index (χ0n) is 13.2. The van der Waals surface area contributed by atoms with Crippen LogP contribution in [0.4, 0.5) is 0 Å². The lowest BCUT2D eigenvalue weighted by molar-refractivity contribution is -0.123. The summed E-state index contributed by atoms with van der Waals surface area (Å²) in [7, 11) is 3.12. The Morgan fingerprint density at radius 1 is 1.18 bits per heavy atom. The minimum Gasteiger partial charge on any atom is -0.496 e. The number of hydrogen-bond acceptors (Lipinski definition) is 4. The predicted molar refractivity (Wildman–Crippen MR) is 82.1 cm³/mol. The second-order valence-electron chi connectivity index (χ2n) is 5.44. The lowest BCUT2D eigenvalue weighted by Crippen LogP contribution is -2.41. The van der Waals surface area contributed by atoms with Crippen LogP contribution in [0.25, 0.3) is 0 Å². The molecule has 0 unspecified atom stereocenters. The number of carbonyl (C=O) groups is 2. The summed E-state index contributed by atoms with van der Waals surface area (Å²) in [6.45, 7) is 2.91. The van der Waals surface area contributed by atoms with Crippen LogP contribution in [0.1, 0.15) is 28.8 Å². The number of carbonyl (C=O) groups excluding carboxylic acids is 2. The molecule has 1 saturated heterocycles. The number of nitrogens with two attached hydrogens (primary N) is 1. The van der Waals surface area contributed by atoms with Gasteiger partial charge in [-0.3, -0.25) is 9.59 Å². The Morgan fingerprint density at radius 2 is 1.82 bits per heavy atom. The van der Waals surface area contributed by atoms with Crippen LogP contribution in [0.15, 0.2) is 12.1 Å². The molecule has 0 aromatic heterocycles. The lowest BCUT2D eigenvalue weighted by atomic mass is 9.95. The minimum atomic E-state index is -0.287. The zero-order valence-corrected chi connectivity index (χ0v) is 13.2. The van der Waals surface area contributed by atoms with Crippen molar-refractivity contribution >= 4 is 11.8 Å². The van der Waals surface area contributed by atoms with Crippen molar-refractivity contribution in [2.45, 2.75) is 19.8 Å². The molecule has 6 nitrogen and oxygen atoms in total. The maximum Gasteiger partial charge on any atom is 0.257 e. The SMILES string of the molecule is COc1ccc(C(=O)N2CCC(C(N)=O)CC2)c(OC)c1C. The number of piperidine rings is 1. The smallest absolute Gasteiger partial charge is 0.257 e. The molecular weight excluding hydrogens is 284 g/mol. The first-order valence-corrected chi connectivity index (χ1v) is 7.29. The number of nitrogens with zero attached hydrogens (tertiary/aromatic N) is 1. The van der Waals surface area contributed by atoms with Crippen LogP contribution in [-0.2, 0) is 4.79 Å². The molecule has 0 atom stereocenters. The second kappa shape index (κ2) is 6.68. The maximum atomic E-state index is 12.7. The number of ether oxygens (including phenoxy) is 2. The monoisotopic (exact) mass is 306 g/mol. The number of methoxy groups -OCH3 is 2. The van der Waals surface area contributed by atoms with E-state index < -0.39 is 0 Å². The topological polar surface area (TPSA) is 81.9 Å². The average Bonchev–Trinajstić information content (AvgIpc) is 2.53. The number of likely N-dealkylation sites (tertiary alicyclic amines) is 1. The van der Waals surface area contributed by atoms with E-state index in [9.17, 15) is 9.59 Å². The van der Waals surface area contributed by atoms with E-state index in [1.54, 1.807) is 24.1 Å². The number of amides is 2. The van der Waals surface area contributed by atoms with Gasteiger partial charge in [-0.25, -0.2) is 0 Å². The van der Waals surface area contributed by atoms with Gasteiger partial charge < -0.3 is 20.1 Å². The first-order chi connectivity index (χ1) is 10.5. The van der Waals surface area contributed by atoms with Crippen molar-refractivity contribution in [1.82, 2.24) is 4.90 Å². The van der Waals surface area contributed by atoms with Gasteiger partial charge in [-0.1, -0.05) is 0 Å². The molecule has 1 heterocycles. The Bertz CT molecular complexity index is 578. The van der Waals surface area contributed by atoms with Crippen LogP contribution >= 0.6 is 0 Å². The first kappa shape index (κ1) is 16.1. The maximum absolute atomic E-state index is 12.7. The minimum absolute atomic E-state index is 0.0921. The molecule has 22 heavy (non-hydrogen) atoms. The molecule has 0 aliphatic carbocycles. The molecule has 1 aliphatic rings. The van der Waals surface area contributed by atoms with Gasteiger partial charge in [0.25, 0.3) is 5.91 Å². The average molecular weight is 306 g/mol. The van der Waals surface area contributed by atoms with E-state index in [1.807, 2.05) is 6.92 Å². The molecular formula is C16H22N2O4. The van der Waals surface area contributed by atoms with Gasteiger partial charge in [-0.05, 0) is 31.9 Å². The van der Waals surface area contributed by atoms with Crippen LogP contribution in [0.5, 0.6) is 11.5 Å². The molecule has 0 saturated carbocycles. The van der Waals surface area contributed by atoms with Gasteiger partial charge in [-0.15, -0.1) is 0 Å². The van der Waals surface area contributed by atoms with Crippen LogP contribution in [0.2, 0.25) is 0 Å². The Labute approximate surface area is 130 Å². The Balaban J connectivity index is 2.20. The van der Waals surface area contributed by atoms with Crippen LogP contribution in [0, 0.1) is 12.8 Å². The fourth-order valence-corrected chi connectivity index (χ4v) is 2.86. The van der Waals surface area contributed by atoms with Crippen LogP contribution in [0.3, 0.4) is 0 Å². The van der Waals surface area contributed by atoms with Gasteiger partial charge >= 0.3 is 0 Å². The second-order valence-corrected chi connectivity index (χ2v) is 5.44. The summed E-state index contributed by atoms with van der Waals surface area (Å²) >= 11 is 0. The normalized spacial score (nSPS) is 15.5. The van der Waals surface area contributed by atoms with E-state index in [0.29, 0.717) is 43.0 Å². The summed E-state index contributed by atoms with van der Waals surface area (Å²) in [6, 6.07) is 3.48. The summed E-state index contributed by atoms with van der Waals surface area (Å²) in [6.07, 6.45) is 1.22. The number of benzene rings is 1. The third kappa shape index (κ3) is 3.00. The fraction of sp³-hybridized carbons (Fsp3) is 0.500. The fourth-order valence-electron chi connectivity index (χ4n) is 2.86. The molecule has 1 aromatic rings. The van der Waals surface area contributed by atoms with Crippen molar-refractivity contribution in [1.29, 1.82) is 0 Å². The van der Waals surface area contributed by atoms with E-state index in [2.05, 4.69) is 0 Å². The molecule has 2 rings (SSSR count). The van der Waals surface area contributed by atoms with Gasteiger partial charge in [0.1, 0.15) is 11.5 Å². The highest BCUT2D eigenvalue weighted by molar-refractivity contribution is 5.98. The summed E-state index contributed by atoms with van der Waals surface area (Å²) in [5.74, 6) is 0.696. The van der Waals surface area contributed by atoms with Gasteiger partial charge in [0.15, 0.2) is 0 Å². The standard InChI is InChI=1S/C16H22N2O4/c1-10-13(21-2)5-4-12(14(10)22-3)16(20)18-8-6-11(7-9-18)15(17)19/h4-5,11H,6-9H2,1-3H3,(H2,17,19). The van der Waals surface area contributed by atoms with Crippen molar-refractivity contribution < 1.29 is 19.1 Å². The van der Waals surface area contributed by atoms with Crippen molar-refractivity contribution in [3.8, 4) is 11.5 Å². The highest BCUT2D eigenvalue weighted by Crippen LogP contribution is 2.32. The molecule has 120 valence electrons. The van der Waals surface area contributed by atoms with E-state index in [-0.39, 0.29) is 17.7 Å². The van der Waals surface area contributed by atoms with E-state index in [1.165, 1.54) is 7.11 Å². The third-order valence-electron chi connectivity index (χ3n) is 4.20. The number of rotatable bonds is 4. The Hall–Kier alpha value is -2.24. The van der Waals surface area contributed by atoms with Crippen LogP contribution < -0.4 is 15.2 Å². The van der Waals surface area contributed by atoms with E-state index in [4.69, 9.17) is 15.2 Å². The largest absolute Gasteiger partial charge is 0.496 e. The quantitative estimate of drug-likeness (QED) is 0.910. The molecule has 2 amide bonds. The lowest BCUT2D eigenvalue weighted by Gasteiger charge is -2.31. The van der Waals surface area contributed by atoms with E-state index >= 15 is 0 Å². The van der Waals surface area contributed by atoms with Crippen molar-refractivity contribution in [3.63, 3.8) is 0 Å². The van der Waals surface area contributed by atoms with E-state index in [0.717, 1.165) is 5.56 Å². The highest BCUT2D eigenvalue weighted by atomic mass is 16.5. The van der Waals surface area contributed by atoms with Gasteiger partial charge in [0.2, 0.25) is 5.91 Å². The highest BCUT2D eigenvalue weighted by Gasteiger charge is 2.28. The molecule has 0 radical (unpaired) electrons. The Morgan fingerprint density at radius 3 is 2.32 bits per heavy atom. The molecule has 1 aliphatic heterocycles. The number of primary amides is 1.